The lowest BCUT2D eigenvalue weighted by molar-refractivity contribution is 0.0773. The van der Waals surface area contributed by atoms with Crippen LogP contribution in [0, 0.1) is 0 Å². The second-order valence-electron chi connectivity index (χ2n) is 4.78. The normalized spacial score (nSPS) is 10.2. The lowest BCUT2D eigenvalue weighted by Gasteiger charge is -2.18. The fourth-order valence-electron chi connectivity index (χ4n) is 2.28. The van der Waals surface area contributed by atoms with E-state index in [-0.39, 0.29) is 5.91 Å². The summed E-state index contributed by atoms with van der Waals surface area (Å²) in [6.07, 6.45) is 0. The zero-order chi connectivity index (χ0) is 15.2. The lowest BCUT2D eigenvalue weighted by Crippen LogP contribution is -2.30. The fraction of sp³-hybridized carbons (Fsp3) is 0.278. The Balaban J connectivity index is 2.19. The molecule has 0 aliphatic carbocycles. The van der Waals surface area contributed by atoms with Gasteiger partial charge in [-0.15, -0.1) is 0 Å². The molecule has 2 rings (SSSR count). The minimum absolute atomic E-state index is 0.0845. The maximum absolute atomic E-state index is 12.2. The predicted octanol–water partition coefficient (Wildman–Crippen LogP) is 3.84. The van der Waals surface area contributed by atoms with Gasteiger partial charge in [0, 0.05) is 18.7 Å². The van der Waals surface area contributed by atoms with Crippen molar-refractivity contribution in [2.24, 2.45) is 0 Å². The number of carbonyl (C=O) groups excluding carboxylic acids is 1. The second kappa shape index (κ2) is 6.93. The Labute approximate surface area is 126 Å². The second-order valence-corrected chi connectivity index (χ2v) is 4.78. The Morgan fingerprint density at radius 3 is 1.81 bits per heavy atom. The van der Waals surface area contributed by atoms with Crippen molar-refractivity contribution >= 4 is 5.91 Å². The molecule has 21 heavy (non-hydrogen) atoms. The summed E-state index contributed by atoms with van der Waals surface area (Å²) in [7, 11) is 1.66. The topological polar surface area (TPSA) is 29.5 Å². The van der Waals surface area contributed by atoms with Crippen molar-refractivity contribution in [3.63, 3.8) is 0 Å². The first-order valence-electron chi connectivity index (χ1n) is 7.23. The van der Waals surface area contributed by atoms with E-state index in [1.54, 1.807) is 7.11 Å². The van der Waals surface area contributed by atoms with Crippen LogP contribution in [-0.2, 0) is 0 Å². The van der Waals surface area contributed by atoms with Crippen molar-refractivity contribution in [1.82, 2.24) is 4.90 Å². The van der Waals surface area contributed by atoms with Gasteiger partial charge < -0.3 is 9.64 Å². The third-order valence-corrected chi connectivity index (χ3v) is 3.61. The van der Waals surface area contributed by atoms with Crippen molar-refractivity contribution in [1.29, 1.82) is 0 Å². The van der Waals surface area contributed by atoms with E-state index in [1.807, 2.05) is 67.3 Å². The molecule has 0 N–H and O–H groups in total. The summed E-state index contributed by atoms with van der Waals surface area (Å²) in [4.78, 5) is 14.1. The Kier molecular flexibility index (Phi) is 4.99. The summed E-state index contributed by atoms with van der Waals surface area (Å²) in [6.45, 7) is 5.45. The van der Waals surface area contributed by atoms with Crippen molar-refractivity contribution < 1.29 is 9.53 Å². The Morgan fingerprint density at radius 1 is 0.905 bits per heavy atom. The first-order valence-corrected chi connectivity index (χ1v) is 7.23. The number of benzene rings is 2. The first-order chi connectivity index (χ1) is 10.2. The van der Waals surface area contributed by atoms with Gasteiger partial charge in [0.2, 0.25) is 0 Å². The molecule has 3 heteroatoms. The van der Waals surface area contributed by atoms with Crippen LogP contribution in [0.15, 0.2) is 48.5 Å². The van der Waals surface area contributed by atoms with Crippen LogP contribution in [0.5, 0.6) is 5.75 Å². The van der Waals surface area contributed by atoms with E-state index in [1.165, 1.54) is 0 Å². The summed E-state index contributed by atoms with van der Waals surface area (Å²) in [6, 6.07) is 15.6. The van der Waals surface area contributed by atoms with Crippen LogP contribution in [0.1, 0.15) is 24.2 Å². The quantitative estimate of drug-likeness (QED) is 0.834. The standard InChI is InChI=1S/C18H21NO2/c1-4-19(5-2)18(20)16-8-6-14(7-9-16)15-10-12-17(21-3)13-11-15/h6-13H,4-5H2,1-3H3. The number of nitrogens with zero attached hydrogens (tertiary/aromatic N) is 1. The lowest BCUT2D eigenvalue weighted by atomic mass is 10.0. The van der Waals surface area contributed by atoms with E-state index in [0.29, 0.717) is 0 Å². The fourth-order valence-corrected chi connectivity index (χ4v) is 2.28. The Bertz CT molecular complexity index is 584. The molecule has 1 amide bonds. The molecule has 0 heterocycles. The molecule has 3 nitrogen and oxygen atoms in total. The van der Waals surface area contributed by atoms with Gasteiger partial charge in [-0.05, 0) is 49.2 Å². The molecule has 0 radical (unpaired) electrons. The number of hydrogen-bond donors (Lipinski definition) is 0. The average Bonchev–Trinajstić information content (AvgIpc) is 2.56. The molecule has 0 spiro atoms. The summed E-state index contributed by atoms with van der Waals surface area (Å²) in [5, 5.41) is 0. The molecule has 0 unspecified atom stereocenters. The summed E-state index contributed by atoms with van der Waals surface area (Å²) < 4.78 is 5.16. The maximum Gasteiger partial charge on any atom is 0.253 e. The number of carbonyl (C=O) groups is 1. The van der Waals surface area contributed by atoms with Gasteiger partial charge in [-0.25, -0.2) is 0 Å². The average molecular weight is 283 g/mol. The Hall–Kier alpha value is -2.29. The van der Waals surface area contributed by atoms with Crippen LogP contribution in [-0.4, -0.2) is 31.0 Å². The minimum Gasteiger partial charge on any atom is -0.497 e. The highest BCUT2D eigenvalue weighted by Crippen LogP contribution is 2.23. The van der Waals surface area contributed by atoms with Crippen LogP contribution in [0.25, 0.3) is 11.1 Å². The molecule has 0 saturated heterocycles. The number of rotatable bonds is 5. The minimum atomic E-state index is 0.0845. The summed E-state index contributed by atoms with van der Waals surface area (Å²) in [5.41, 5.74) is 2.93. The maximum atomic E-state index is 12.2. The smallest absolute Gasteiger partial charge is 0.253 e. The van der Waals surface area contributed by atoms with E-state index >= 15 is 0 Å². The van der Waals surface area contributed by atoms with E-state index in [0.717, 1.165) is 35.5 Å². The highest BCUT2D eigenvalue weighted by molar-refractivity contribution is 5.94. The molecule has 2 aromatic rings. The van der Waals surface area contributed by atoms with Gasteiger partial charge >= 0.3 is 0 Å². The molecule has 0 bridgehead atoms. The predicted molar refractivity (Wildman–Crippen MR) is 85.7 cm³/mol. The van der Waals surface area contributed by atoms with Crippen molar-refractivity contribution in [2.75, 3.05) is 20.2 Å². The highest BCUT2D eigenvalue weighted by atomic mass is 16.5. The van der Waals surface area contributed by atoms with Gasteiger partial charge in [0.15, 0.2) is 0 Å². The monoisotopic (exact) mass is 283 g/mol. The van der Waals surface area contributed by atoms with Crippen molar-refractivity contribution in [2.45, 2.75) is 13.8 Å². The van der Waals surface area contributed by atoms with E-state index in [9.17, 15) is 4.79 Å². The highest BCUT2D eigenvalue weighted by Gasteiger charge is 2.12. The number of amides is 1. The van der Waals surface area contributed by atoms with Gasteiger partial charge in [0.25, 0.3) is 5.91 Å². The molecule has 0 atom stereocenters. The van der Waals surface area contributed by atoms with E-state index < -0.39 is 0 Å². The molecule has 0 saturated carbocycles. The van der Waals surface area contributed by atoms with Crippen LogP contribution >= 0.6 is 0 Å². The SMILES string of the molecule is CCN(CC)C(=O)c1ccc(-c2ccc(OC)cc2)cc1. The van der Waals surface area contributed by atoms with Gasteiger partial charge in [0.1, 0.15) is 5.75 Å². The third-order valence-electron chi connectivity index (χ3n) is 3.61. The van der Waals surface area contributed by atoms with Gasteiger partial charge in [-0.3, -0.25) is 4.79 Å². The molecule has 0 fully saturated rings. The van der Waals surface area contributed by atoms with Gasteiger partial charge in [-0.1, -0.05) is 24.3 Å². The molecule has 0 aromatic heterocycles. The van der Waals surface area contributed by atoms with Gasteiger partial charge in [0.05, 0.1) is 7.11 Å². The van der Waals surface area contributed by atoms with E-state index in [2.05, 4.69) is 0 Å². The van der Waals surface area contributed by atoms with Crippen molar-refractivity contribution in [3.8, 4) is 16.9 Å². The molecular weight excluding hydrogens is 262 g/mol. The zero-order valence-corrected chi connectivity index (χ0v) is 12.8. The van der Waals surface area contributed by atoms with Crippen LogP contribution in [0.3, 0.4) is 0 Å². The largest absolute Gasteiger partial charge is 0.497 e. The van der Waals surface area contributed by atoms with Crippen molar-refractivity contribution in [3.05, 3.63) is 54.1 Å². The van der Waals surface area contributed by atoms with Crippen LogP contribution in [0.2, 0.25) is 0 Å². The third kappa shape index (κ3) is 3.43. The first kappa shape index (κ1) is 15.1. The molecule has 0 aliphatic rings. The molecule has 110 valence electrons. The molecule has 0 aliphatic heterocycles. The summed E-state index contributed by atoms with van der Waals surface area (Å²) in [5.74, 6) is 0.924. The number of ether oxygens (including phenoxy) is 1. The van der Waals surface area contributed by atoms with Crippen LogP contribution in [0.4, 0.5) is 0 Å². The summed E-state index contributed by atoms with van der Waals surface area (Å²) >= 11 is 0. The number of hydrogen-bond acceptors (Lipinski definition) is 2. The number of methoxy groups -OCH3 is 1. The molecular formula is C18H21NO2. The Morgan fingerprint density at radius 2 is 1.38 bits per heavy atom. The van der Waals surface area contributed by atoms with Crippen LogP contribution < -0.4 is 4.74 Å². The zero-order valence-electron chi connectivity index (χ0n) is 12.8. The van der Waals surface area contributed by atoms with E-state index in [4.69, 9.17) is 4.74 Å². The van der Waals surface area contributed by atoms with Gasteiger partial charge in [-0.2, -0.15) is 0 Å². The molecule has 2 aromatic carbocycles.